The van der Waals surface area contributed by atoms with Gasteiger partial charge in [-0.25, -0.2) is 0 Å². The van der Waals surface area contributed by atoms with Gasteiger partial charge in [0, 0.05) is 6.42 Å². The molecule has 1 heteroatoms. The van der Waals surface area contributed by atoms with Gasteiger partial charge in [-0.05, 0) is 44.1 Å². The lowest BCUT2D eigenvalue weighted by atomic mass is 9.70. The van der Waals surface area contributed by atoms with Crippen LogP contribution in [-0.2, 0) is 4.79 Å². The predicted octanol–water partition coefficient (Wildman–Crippen LogP) is 3.66. The highest BCUT2D eigenvalue weighted by atomic mass is 16.1. The molecule has 1 unspecified atom stereocenters. The van der Waals surface area contributed by atoms with E-state index in [1.54, 1.807) is 0 Å². The number of rotatable bonds is 2. The second-order valence-corrected chi connectivity index (χ2v) is 4.88. The lowest BCUT2D eigenvalue weighted by Crippen LogP contribution is -2.27. The normalized spacial score (nSPS) is 27.6. The van der Waals surface area contributed by atoms with Crippen LogP contribution in [0, 0.1) is 5.41 Å². The molecule has 14 heavy (non-hydrogen) atoms. The molecule has 1 aliphatic carbocycles. The number of ketones is 1. The lowest BCUT2D eigenvalue weighted by Gasteiger charge is -2.33. The van der Waals surface area contributed by atoms with Gasteiger partial charge in [-0.3, -0.25) is 4.79 Å². The predicted molar refractivity (Wildman–Crippen MR) is 60.2 cm³/mol. The summed E-state index contributed by atoms with van der Waals surface area (Å²) >= 11 is 0. The maximum absolute atomic E-state index is 11.8. The highest BCUT2D eigenvalue weighted by molar-refractivity contribution is 5.97. The van der Waals surface area contributed by atoms with Gasteiger partial charge >= 0.3 is 0 Å². The SMILES string of the molecule is C=CCC1(C)CCC(=C(C)C)C(=O)C1. The third-order valence-electron chi connectivity index (χ3n) is 3.14. The fourth-order valence-electron chi connectivity index (χ4n) is 2.20. The molecular weight excluding hydrogens is 172 g/mol. The van der Waals surface area contributed by atoms with Gasteiger partial charge in [0.25, 0.3) is 0 Å². The van der Waals surface area contributed by atoms with Crippen LogP contribution in [-0.4, -0.2) is 5.78 Å². The van der Waals surface area contributed by atoms with Crippen molar-refractivity contribution in [3.8, 4) is 0 Å². The van der Waals surface area contributed by atoms with Crippen molar-refractivity contribution < 1.29 is 4.79 Å². The van der Waals surface area contributed by atoms with E-state index in [-0.39, 0.29) is 5.41 Å². The largest absolute Gasteiger partial charge is 0.295 e. The summed E-state index contributed by atoms with van der Waals surface area (Å²) in [6, 6.07) is 0. The molecule has 0 radical (unpaired) electrons. The Hall–Kier alpha value is -0.850. The molecule has 1 rings (SSSR count). The Morgan fingerprint density at radius 2 is 2.21 bits per heavy atom. The molecule has 1 saturated carbocycles. The van der Waals surface area contributed by atoms with Gasteiger partial charge in [-0.2, -0.15) is 0 Å². The molecule has 0 aromatic carbocycles. The van der Waals surface area contributed by atoms with Gasteiger partial charge in [0.05, 0.1) is 0 Å². The molecule has 78 valence electrons. The summed E-state index contributed by atoms with van der Waals surface area (Å²) < 4.78 is 0. The van der Waals surface area contributed by atoms with E-state index >= 15 is 0 Å². The third-order valence-corrected chi connectivity index (χ3v) is 3.14. The molecule has 0 amide bonds. The summed E-state index contributed by atoms with van der Waals surface area (Å²) in [6.07, 6.45) is 5.64. The summed E-state index contributed by atoms with van der Waals surface area (Å²) in [4.78, 5) is 11.8. The summed E-state index contributed by atoms with van der Waals surface area (Å²) in [5, 5.41) is 0. The number of carbonyl (C=O) groups is 1. The van der Waals surface area contributed by atoms with Crippen molar-refractivity contribution in [2.45, 2.75) is 46.5 Å². The van der Waals surface area contributed by atoms with E-state index in [1.807, 2.05) is 19.9 Å². The van der Waals surface area contributed by atoms with Crippen molar-refractivity contribution in [3.05, 3.63) is 23.8 Å². The first kappa shape index (κ1) is 11.2. The average molecular weight is 192 g/mol. The van der Waals surface area contributed by atoms with Crippen LogP contribution in [0.4, 0.5) is 0 Å². The van der Waals surface area contributed by atoms with E-state index in [1.165, 1.54) is 5.57 Å². The van der Waals surface area contributed by atoms with Crippen molar-refractivity contribution in [1.29, 1.82) is 0 Å². The Balaban J connectivity index is 2.78. The monoisotopic (exact) mass is 192 g/mol. The van der Waals surface area contributed by atoms with Crippen molar-refractivity contribution in [1.82, 2.24) is 0 Å². The molecule has 1 fully saturated rings. The molecule has 0 aromatic heterocycles. The van der Waals surface area contributed by atoms with Crippen LogP contribution < -0.4 is 0 Å². The molecule has 0 heterocycles. The number of allylic oxidation sites excluding steroid dienone is 3. The van der Waals surface area contributed by atoms with Crippen molar-refractivity contribution in [2.75, 3.05) is 0 Å². The van der Waals surface area contributed by atoms with Crippen molar-refractivity contribution in [3.63, 3.8) is 0 Å². The van der Waals surface area contributed by atoms with Crippen molar-refractivity contribution in [2.24, 2.45) is 5.41 Å². The maximum Gasteiger partial charge on any atom is 0.159 e. The zero-order valence-electron chi connectivity index (χ0n) is 9.52. The van der Waals surface area contributed by atoms with E-state index in [4.69, 9.17) is 0 Å². The summed E-state index contributed by atoms with van der Waals surface area (Å²) in [5.41, 5.74) is 2.42. The van der Waals surface area contributed by atoms with E-state index in [2.05, 4.69) is 13.5 Å². The Bertz CT molecular complexity index is 282. The Labute approximate surface area is 86.9 Å². The van der Waals surface area contributed by atoms with Crippen LogP contribution in [0.5, 0.6) is 0 Å². The van der Waals surface area contributed by atoms with Gasteiger partial charge in [0.1, 0.15) is 0 Å². The van der Waals surface area contributed by atoms with Gasteiger partial charge in [-0.15, -0.1) is 6.58 Å². The quantitative estimate of drug-likeness (QED) is 0.482. The zero-order valence-corrected chi connectivity index (χ0v) is 9.52. The number of Topliss-reactive ketones (excluding diaryl/α,β-unsaturated/α-hetero) is 1. The van der Waals surface area contributed by atoms with Crippen LogP contribution >= 0.6 is 0 Å². The first-order valence-corrected chi connectivity index (χ1v) is 5.29. The third kappa shape index (κ3) is 2.34. The highest BCUT2D eigenvalue weighted by Crippen LogP contribution is 2.40. The lowest BCUT2D eigenvalue weighted by molar-refractivity contribution is -0.119. The maximum atomic E-state index is 11.8. The molecule has 0 N–H and O–H groups in total. The van der Waals surface area contributed by atoms with Crippen molar-refractivity contribution >= 4 is 5.78 Å². The average Bonchev–Trinajstić information content (AvgIpc) is 2.02. The minimum atomic E-state index is 0.164. The molecular formula is C13H20O. The number of hydrogen-bond acceptors (Lipinski definition) is 1. The summed E-state index contributed by atoms with van der Waals surface area (Å²) in [6.45, 7) is 10.0. The Kier molecular flexibility index (Phi) is 3.30. The number of carbonyl (C=O) groups excluding carboxylic acids is 1. The van der Waals surface area contributed by atoms with Crippen LogP contribution in [0.25, 0.3) is 0 Å². The standard InChI is InChI=1S/C13H20O/c1-5-7-13(4)8-6-11(10(2)3)12(14)9-13/h5H,1,6-9H2,2-4H3. The molecule has 1 aliphatic rings. The van der Waals surface area contributed by atoms with Crippen LogP contribution in [0.3, 0.4) is 0 Å². The molecule has 0 aliphatic heterocycles. The van der Waals surface area contributed by atoms with Crippen LogP contribution in [0.2, 0.25) is 0 Å². The smallest absolute Gasteiger partial charge is 0.159 e. The molecule has 1 nitrogen and oxygen atoms in total. The second kappa shape index (κ2) is 4.12. The fraction of sp³-hybridized carbons (Fsp3) is 0.615. The highest BCUT2D eigenvalue weighted by Gasteiger charge is 2.32. The summed E-state index contributed by atoms with van der Waals surface area (Å²) in [7, 11) is 0. The van der Waals surface area contributed by atoms with E-state index in [0.29, 0.717) is 12.2 Å². The minimum Gasteiger partial charge on any atom is -0.295 e. The molecule has 0 aromatic rings. The van der Waals surface area contributed by atoms with Gasteiger partial charge in [0.15, 0.2) is 5.78 Å². The summed E-state index contributed by atoms with van der Waals surface area (Å²) in [5.74, 6) is 0.348. The van der Waals surface area contributed by atoms with Crippen LogP contribution in [0.1, 0.15) is 46.5 Å². The first-order valence-electron chi connectivity index (χ1n) is 5.29. The topological polar surface area (TPSA) is 17.1 Å². The molecule has 0 bridgehead atoms. The fourth-order valence-corrected chi connectivity index (χ4v) is 2.20. The van der Waals surface area contributed by atoms with Gasteiger partial charge in [-0.1, -0.05) is 18.6 Å². The molecule has 0 spiro atoms. The van der Waals surface area contributed by atoms with E-state index in [9.17, 15) is 4.79 Å². The zero-order chi connectivity index (χ0) is 10.8. The molecule has 0 saturated heterocycles. The second-order valence-electron chi connectivity index (χ2n) is 4.88. The Morgan fingerprint density at radius 1 is 1.57 bits per heavy atom. The molecule has 1 atom stereocenters. The first-order chi connectivity index (χ1) is 6.48. The van der Waals surface area contributed by atoms with Crippen LogP contribution in [0.15, 0.2) is 23.8 Å². The van der Waals surface area contributed by atoms with E-state index < -0.39 is 0 Å². The minimum absolute atomic E-state index is 0.164. The van der Waals surface area contributed by atoms with Gasteiger partial charge in [0.2, 0.25) is 0 Å². The van der Waals surface area contributed by atoms with E-state index in [0.717, 1.165) is 24.8 Å². The number of hydrogen-bond donors (Lipinski definition) is 0. The Morgan fingerprint density at radius 3 is 2.64 bits per heavy atom. The van der Waals surface area contributed by atoms with Gasteiger partial charge < -0.3 is 0 Å².